The first-order valence-electron chi connectivity index (χ1n) is 12.8. The summed E-state index contributed by atoms with van der Waals surface area (Å²) in [6, 6.07) is 13.2. The molecule has 2 aromatic carbocycles. The van der Waals surface area contributed by atoms with Crippen molar-refractivity contribution in [1.82, 2.24) is 10.2 Å². The van der Waals surface area contributed by atoms with Crippen molar-refractivity contribution in [3.8, 4) is 5.75 Å². The third-order valence-electron chi connectivity index (χ3n) is 6.54. The van der Waals surface area contributed by atoms with Gasteiger partial charge in [-0.25, -0.2) is 14.0 Å². The van der Waals surface area contributed by atoms with Crippen LogP contribution >= 0.6 is 0 Å². The maximum atomic E-state index is 13.1. The van der Waals surface area contributed by atoms with Crippen LogP contribution in [-0.2, 0) is 22.5 Å². The van der Waals surface area contributed by atoms with Crippen molar-refractivity contribution in [2.45, 2.75) is 58.1 Å². The van der Waals surface area contributed by atoms with Crippen molar-refractivity contribution >= 4 is 12.0 Å². The number of carbonyl (C=O) groups is 2. The fourth-order valence-electron chi connectivity index (χ4n) is 4.47. The second kappa shape index (κ2) is 14.4. The Morgan fingerprint density at radius 3 is 2.36 bits per heavy atom. The molecular weight excluding hydrogens is 463 g/mol. The van der Waals surface area contributed by atoms with Crippen LogP contribution in [0.2, 0.25) is 0 Å². The summed E-state index contributed by atoms with van der Waals surface area (Å²) in [6.45, 7) is 3.89. The number of hydrogen-bond donors (Lipinski definition) is 2. The van der Waals surface area contributed by atoms with Gasteiger partial charge in [-0.3, -0.25) is 0 Å². The highest BCUT2D eigenvalue weighted by atomic mass is 19.1. The summed E-state index contributed by atoms with van der Waals surface area (Å²) in [5, 5.41) is 12.2. The summed E-state index contributed by atoms with van der Waals surface area (Å²) in [7, 11) is 0. The molecule has 1 aliphatic rings. The van der Waals surface area contributed by atoms with Crippen LogP contribution in [0.25, 0.3) is 0 Å². The molecule has 1 aliphatic carbocycles. The van der Waals surface area contributed by atoms with E-state index >= 15 is 0 Å². The molecule has 7 nitrogen and oxygen atoms in total. The number of hydrogen-bond acceptors (Lipinski definition) is 4. The first kappa shape index (κ1) is 27.5. The number of carbonyl (C=O) groups excluding carboxylic acids is 1. The van der Waals surface area contributed by atoms with E-state index < -0.39 is 12.1 Å². The van der Waals surface area contributed by atoms with Crippen LogP contribution in [0.15, 0.2) is 48.5 Å². The van der Waals surface area contributed by atoms with Crippen LogP contribution in [-0.4, -0.2) is 54.4 Å². The van der Waals surface area contributed by atoms with E-state index in [9.17, 15) is 19.1 Å². The molecule has 0 aliphatic heterocycles. The normalized spacial score (nSPS) is 14.4. The molecule has 1 atom stereocenters. The smallest absolute Gasteiger partial charge is 0.333 e. The van der Waals surface area contributed by atoms with E-state index in [1.807, 2.05) is 12.1 Å². The summed E-state index contributed by atoms with van der Waals surface area (Å²) in [5.74, 6) is 0.0405. The lowest BCUT2D eigenvalue weighted by atomic mass is 10.0. The minimum absolute atomic E-state index is 0.160. The maximum absolute atomic E-state index is 13.1. The fraction of sp³-hybridized carbons (Fsp3) is 0.500. The first-order chi connectivity index (χ1) is 17.4. The highest BCUT2D eigenvalue weighted by molar-refractivity contribution is 5.74. The molecule has 0 spiro atoms. The second-order valence-electron chi connectivity index (χ2n) is 9.19. The Morgan fingerprint density at radius 1 is 1.06 bits per heavy atom. The van der Waals surface area contributed by atoms with Crippen LogP contribution in [0.5, 0.6) is 5.75 Å². The molecule has 2 aromatic rings. The summed E-state index contributed by atoms with van der Waals surface area (Å²) in [6.07, 6.45) is 5.36. The van der Waals surface area contributed by atoms with Gasteiger partial charge in [0.15, 0.2) is 6.10 Å². The second-order valence-corrected chi connectivity index (χ2v) is 9.19. The number of benzene rings is 2. The molecule has 1 saturated carbocycles. The summed E-state index contributed by atoms with van der Waals surface area (Å²) < 4.78 is 24.3. The number of urea groups is 1. The van der Waals surface area contributed by atoms with Gasteiger partial charge in [0.25, 0.3) is 0 Å². The van der Waals surface area contributed by atoms with Crippen LogP contribution in [0.3, 0.4) is 0 Å². The van der Waals surface area contributed by atoms with E-state index in [-0.39, 0.29) is 18.3 Å². The molecule has 36 heavy (non-hydrogen) atoms. The molecule has 0 aromatic heterocycles. The van der Waals surface area contributed by atoms with Crippen molar-refractivity contribution in [2.24, 2.45) is 5.92 Å². The molecule has 0 radical (unpaired) electrons. The van der Waals surface area contributed by atoms with Gasteiger partial charge in [-0.15, -0.1) is 0 Å². The highest BCUT2D eigenvalue weighted by Gasteiger charge is 2.20. The lowest BCUT2D eigenvalue weighted by Crippen LogP contribution is -2.42. The lowest BCUT2D eigenvalue weighted by Gasteiger charge is -2.25. The zero-order valence-electron chi connectivity index (χ0n) is 21.0. The monoisotopic (exact) mass is 500 g/mol. The van der Waals surface area contributed by atoms with Gasteiger partial charge in [-0.05, 0) is 54.7 Å². The van der Waals surface area contributed by atoms with Gasteiger partial charge in [0, 0.05) is 26.1 Å². The number of rotatable bonds is 14. The summed E-state index contributed by atoms with van der Waals surface area (Å²) in [5.41, 5.74) is 1.69. The predicted octanol–water partition coefficient (Wildman–Crippen LogP) is 5.03. The number of nitrogens with zero attached hydrogens (tertiary/aromatic N) is 1. The SMILES string of the molecule is CCOC(Cc1ccc(OCCN(CCC2CCCC2)C(=O)NCc2ccc(F)cc2)cc1)C(=O)O. The van der Waals surface area contributed by atoms with E-state index in [2.05, 4.69) is 5.32 Å². The van der Waals surface area contributed by atoms with Gasteiger partial charge in [-0.1, -0.05) is 49.9 Å². The number of carboxylic acids is 1. The average molecular weight is 501 g/mol. The van der Waals surface area contributed by atoms with E-state index in [0.29, 0.717) is 44.5 Å². The van der Waals surface area contributed by atoms with Crippen LogP contribution in [0.4, 0.5) is 9.18 Å². The Balaban J connectivity index is 1.50. The third-order valence-corrected chi connectivity index (χ3v) is 6.54. The van der Waals surface area contributed by atoms with Gasteiger partial charge in [0.2, 0.25) is 0 Å². The van der Waals surface area contributed by atoms with Gasteiger partial charge in [0.1, 0.15) is 18.2 Å². The van der Waals surface area contributed by atoms with Crippen LogP contribution in [0.1, 0.15) is 50.2 Å². The standard InChI is InChI=1S/C28H37FN2O5/c1-2-35-26(27(32)33)19-22-9-13-25(14-10-22)36-18-17-31(16-15-21-5-3-4-6-21)28(34)30-20-23-7-11-24(29)12-8-23/h7-14,21,26H,2-6,15-20H2,1H3,(H,30,34)(H,32,33). The molecule has 2 amide bonds. The Morgan fingerprint density at radius 2 is 1.72 bits per heavy atom. The molecule has 1 unspecified atom stereocenters. The number of aliphatic carboxylic acids is 1. The third kappa shape index (κ3) is 9.15. The summed E-state index contributed by atoms with van der Waals surface area (Å²) >= 11 is 0. The number of carboxylic acid groups (broad SMARTS) is 1. The van der Waals surface area contributed by atoms with E-state index in [0.717, 1.165) is 17.5 Å². The van der Waals surface area contributed by atoms with Crippen molar-refractivity contribution < 1.29 is 28.6 Å². The Labute approximate surface area is 212 Å². The predicted molar refractivity (Wildman–Crippen MR) is 135 cm³/mol. The molecule has 3 rings (SSSR count). The van der Waals surface area contributed by atoms with Crippen molar-refractivity contribution in [3.63, 3.8) is 0 Å². The Hall–Kier alpha value is -3.13. The minimum Gasteiger partial charge on any atom is -0.492 e. The number of nitrogens with one attached hydrogen (secondary N) is 1. The van der Waals surface area contributed by atoms with Crippen LogP contribution < -0.4 is 10.1 Å². The molecule has 0 saturated heterocycles. The van der Waals surface area contributed by atoms with Gasteiger partial charge in [-0.2, -0.15) is 0 Å². The van der Waals surface area contributed by atoms with Crippen molar-refractivity contribution in [1.29, 1.82) is 0 Å². The average Bonchev–Trinajstić information content (AvgIpc) is 3.40. The summed E-state index contributed by atoms with van der Waals surface area (Å²) in [4.78, 5) is 26.0. The largest absolute Gasteiger partial charge is 0.492 e. The quantitative estimate of drug-likeness (QED) is 0.380. The zero-order chi connectivity index (χ0) is 25.8. The Kier molecular flexibility index (Phi) is 11.0. The van der Waals surface area contributed by atoms with E-state index in [1.165, 1.54) is 37.8 Å². The number of halogens is 1. The molecule has 0 heterocycles. The number of ether oxygens (including phenoxy) is 2. The van der Waals surface area contributed by atoms with Crippen molar-refractivity contribution in [2.75, 3.05) is 26.3 Å². The molecule has 8 heteroatoms. The fourth-order valence-corrected chi connectivity index (χ4v) is 4.47. The van der Waals surface area contributed by atoms with E-state index in [1.54, 1.807) is 36.1 Å². The van der Waals surface area contributed by atoms with Gasteiger partial charge in [0.05, 0.1) is 6.54 Å². The minimum atomic E-state index is -0.979. The van der Waals surface area contributed by atoms with Crippen LogP contribution in [0, 0.1) is 11.7 Å². The molecule has 1 fully saturated rings. The number of amides is 2. The topological polar surface area (TPSA) is 88.1 Å². The highest BCUT2D eigenvalue weighted by Crippen LogP contribution is 2.27. The lowest BCUT2D eigenvalue weighted by molar-refractivity contribution is -0.149. The molecule has 0 bridgehead atoms. The van der Waals surface area contributed by atoms with E-state index in [4.69, 9.17) is 9.47 Å². The molecular formula is C28H37FN2O5. The molecule has 2 N–H and O–H groups in total. The molecule has 196 valence electrons. The van der Waals surface area contributed by atoms with Gasteiger partial charge >= 0.3 is 12.0 Å². The van der Waals surface area contributed by atoms with Gasteiger partial charge < -0.3 is 24.8 Å². The first-order valence-corrected chi connectivity index (χ1v) is 12.8. The maximum Gasteiger partial charge on any atom is 0.333 e. The zero-order valence-corrected chi connectivity index (χ0v) is 21.0. The van der Waals surface area contributed by atoms with Crippen molar-refractivity contribution in [3.05, 3.63) is 65.5 Å². The Bertz CT molecular complexity index is 945.